The quantitative estimate of drug-likeness (QED) is 0.802. The zero-order valence-corrected chi connectivity index (χ0v) is 10.2. The molecule has 3 rings (SSSR count). The minimum Gasteiger partial charge on any atom is -0.394 e. The van der Waals surface area contributed by atoms with Crippen LogP contribution < -0.4 is 21.5 Å². The SMILES string of the molecule is CCc1ccc2c(c1)N(c1c(N)c(=O)c1=O)CC2. The molecule has 0 saturated heterocycles. The Balaban J connectivity index is 2.10. The first-order chi connectivity index (χ1) is 8.63. The minimum absolute atomic E-state index is 0.106. The summed E-state index contributed by atoms with van der Waals surface area (Å²) in [4.78, 5) is 24.7. The first kappa shape index (κ1) is 11.0. The van der Waals surface area contributed by atoms with Gasteiger partial charge in [0.15, 0.2) is 0 Å². The van der Waals surface area contributed by atoms with Crippen LogP contribution in [-0.2, 0) is 12.8 Å². The Hall–Kier alpha value is -2.10. The monoisotopic (exact) mass is 242 g/mol. The highest BCUT2D eigenvalue weighted by Crippen LogP contribution is 2.35. The van der Waals surface area contributed by atoms with Gasteiger partial charge in [-0.05, 0) is 30.0 Å². The normalized spacial score (nSPS) is 14.2. The summed E-state index contributed by atoms with van der Waals surface area (Å²) in [6.07, 6.45) is 1.83. The van der Waals surface area contributed by atoms with E-state index in [1.54, 1.807) is 0 Å². The zero-order chi connectivity index (χ0) is 12.9. The van der Waals surface area contributed by atoms with Crippen LogP contribution in [0.3, 0.4) is 0 Å². The van der Waals surface area contributed by atoms with Crippen molar-refractivity contribution in [2.45, 2.75) is 19.8 Å². The van der Waals surface area contributed by atoms with Crippen molar-refractivity contribution in [2.75, 3.05) is 17.2 Å². The Labute approximate surface area is 104 Å². The molecule has 0 unspecified atom stereocenters. The molecule has 0 amide bonds. The Morgan fingerprint density at radius 2 is 2.06 bits per heavy atom. The molecule has 92 valence electrons. The molecule has 18 heavy (non-hydrogen) atoms. The van der Waals surface area contributed by atoms with Gasteiger partial charge in [0.1, 0.15) is 11.4 Å². The lowest BCUT2D eigenvalue weighted by Crippen LogP contribution is -2.40. The number of benzene rings is 1. The van der Waals surface area contributed by atoms with Crippen molar-refractivity contribution in [3.05, 3.63) is 49.8 Å². The lowest BCUT2D eigenvalue weighted by atomic mass is 10.1. The van der Waals surface area contributed by atoms with Gasteiger partial charge in [0.25, 0.3) is 10.9 Å². The van der Waals surface area contributed by atoms with Gasteiger partial charge >= 0.3 is 0 Å². The predicted molar refractivity (Wildman–Crippen MR) is 72.3 cm³/mol. The molecule has 0 aliphatic carbocycles. The fourth-order valence-electron chi connectivity index (χ4n) is 2.54. The maximum Gasteiger partial charge on any atom is 0.253 e. The second-order valence-electron chi connectivity index (χ2n) is 4.64. The summed E-state index contributed by atoms with van der Waals surface area (Å²) in [7, 11) is 0. The summed E-state index contributed by atoms with van der Waals surface area (Å²) in [5.41, 5.74) is 8.56. The van der Waals surface area contributed by atoms with E-state index < -0.39 is 10.9 Å². The molecule has 0 saturated carbocycles. The molecule has 4 heteroatoms. The van der Waals surface area contributed by atoms with Gasteiger partial charge in [0.2, 0.25) is 0 Å². The zero-order valence-electron chi connectivity index (χ0n) is 10.2. The van der Waals surface area contributed by atoms with Crippen molar-refractivity contribution in [1.29, 1.82) is 0 Å². The van der Waals surface area contributed by atoms with Crippen LogP contribution in [0.2, 0.25) is 0 Å². The van der Waals surface area contributed by atoms with E-state index in [1.165, 1.54) is 11.1 Å². The summed E-state index contributed by atoms with van der Waals surface area (Å²) in [5, 5.41) is 0. The fourth-order valence-corrected chi connectivity index (χ4v) is 2.54. The summed E-state index contributed by atoms with van der Waals surface area (Å²) in [5.74, 6) is 0. The molecule has 4 nitrogen and oxygen atoms in total. The largest absolute Gasteiger partial charge is 0.394 e. The molecular weight excluding hydrogens is 228 g/mol. The van der Waals surface area contributed by atoms with Crippen molar-refractivity contribution >= 4 is 17.1 Å². The Bertz CT molecular complexity index is 696. The lowest BCUT2D eigenvalue weighted by molar-refractivity contribution is 0.987. The molecule has 2 aromatic rings. The number of hydrogen-bond donors (Lipinski definition) is 1. The van der Waals surface area contributed by atoms with E-state index in [2.05, 4.69) is 25.1 Å². The summed E-state index contributed by atoms with van der Waals surface area (Å²) < 4.78 is 0. The summed E-state index contributed by atoms with van der Waals surface area (Å²) in [6.45, 7) is 2.81. The molecule has 0 fully saturated rings. The van der Waals surface area contributed by atoms with Gasteiger partial charge in [-0.2, -0.15) is 0 Å². The molecule has 0 spiro atoms. The Morgan fingerprint density at radius 1 is 1.28 bits per heavy atom. The van der Waals surface area contributed by atoms with Crippen LogP contribution in [0.5, 0.6) is 0 Å². The molecular formula is C14H14N2O2. The van der Waals surface area contributed by atoms with Gasteiger partial charge in [-0.3, -0.25) is 9.59 Å². The second kappa shape index (κ2) is 3.70. The smallest absolute Gasteiger partial charge is 0.253 e. The summed E-state index contributed by atoms with van der Waals surface area (Å²) >= 11 is 0. The van der Waals surface area contributed by atoms with E-state index in [0.29, 0.717) is 5.69 Å². The maximum atomic E-state index is 11.6. The molecule has 0 aromatic heterocycles. The van der Waals surface area contributed by atoms with Crippen molar-refractivity contribution in [3.8, 4) is 0 Å². The number of aryl methyl sites for hydroxylation is 1. The van der Waals surface area contributed by atoms with Gasteiger partial charge in [-0.15, -0.1) is 0 Å². The highest BCUT2D eigenvalue weighted by molar-refractivity contribution is 5.81. The Morgan fingerprint density at radius 3 is 2.72 bits per heavy atom. The van der Waals surface area contributed by atoms with E-state index in [4.69, 9.17) is 5.73 Å². The molecule has 0 radical (unpaired) electrons. The lowest BCUT2D eigenvalue weighted by Gasteiger charge is -2.22. The Kier molecular flexibility index (Phi) is 2.26. The van der Waals surface area contributed by atoms with Gasteiger partial charge in [-0.1, -0.05) is 19.1 Å². The average molecular weight is 242 g/mol. The van der Waals surface area contributed by atoms with Gasteiger partial charge < -0.3 is 10.6 Å². The van der Waals surface area contributed by atoms with Crippen molar-refractivity contribution < 1.29 is 0 Å². The fraction of sp³-hybridized carbons (Fsp3) is 0.286. The van der Waals surface area contributed by atoms with E-state index in [1.807, 2.05) is 4.90 Å². The number of nitrogen functional groups attached to an aromatic ring is 1. The first-order valence-corrected chi connectivity index (χ1v) is 6.11. The van der Waals surface area contributed by atoms with Crippen LogP contribution >= 0.6 is 0 Å². The molecule has 1 heterocycles. The van der Waals surface area contributed by atoms with E-state index >= 15 is 0 Å². The minimum atomic E-state index is -0.551. The highest BCUT2D eigenvalue weighted by atomic mass is 16.2. The number of hydrogen-bond acceptors (Lipinski definition) is 4. The topological polar surface area (TPSA) is 63.4 Å². The number of nitrogens with two attached hydrogens (primary N) is 1. The number of fused-ring (bicyclic) bond motifs is 1. The van der Waals surface area contributed by atoms with Crippen LogP contribution in [0, 0.1) is 0 Å². The summed E-state index contributed by atoms with van der Waals surface area (Å²) in [6, 6.07) is 6.28. The molecule has 0 bridgehead atoms. The molecule has 1 aliphatic heterocycles. The van der Waals surface area contributed by atoms with E-state index in [-0.39, 0.29) is 5.69 Å². The van der Waals surface area contributed by atoms with Crippen LogP contribution in [0.25, 0.3) is 0 Å². The standard InChI is InChI=1S/C14H14N2O2/c1-2-8-3-4-9-5-6-16(10(9)7-8)12-11(15)13(17)14(12)18/h3-4,7H,2,5-6,15H2,1H3. The predicted octanol–water partition coefficient (Wildman–Crippen LogP) is 1.12. The van der Waals surface area contributed by atoms with Crippen molar-refractivity contribution in [2.24, 2.45) is 0 Å². The average Bonchev–Trinajstić information content (AvgIpc) is 2.81. The van der Waals surface area contributed by atoms with Crippen molar-refractivity contribution in [1.82, 2.24) is 0 Å². The van der Waals surface area contributed by atoms with Crippen LogP contribution in [0.4, 0.5) is 17.1 Å². The van der Waals surface area contributed by atoms with Gasteiger partial charge in [-0.25, -0.2) is 0 Å². The van der Waals surface area contributed by atoms with Gasteiger partial charge in [0, 0.05) is 12.2 Å². The molecule has 0 atom stereocenters. The van der Waals surface area contributed by atoms with Crippen LogP contribution in [0.15, 0.2) is 27.8 Å². The second-order valence-corrected chi connectivity index (χ2v) is 4.64. The molecule has 1 aliphatic rings. The van der Waals surface area contributed by atoms with E-state index in [9.17, 15) is 9.59 Å². The number of anilines is 3. The first-order valence-electron chi connectivity index (χ1n) is 6.11. The third-order valence-electron chi connectivity index (χ3n) is 3.64. The van der Waals surface area contributed by atoms with Gasteiger partial charge in [0.05, 0.1) is 0 Å². The third-order valence-corrected chi connectivity index (χ3v) is 3.64. The van der Waals surface area contributed by atoms with Crippen LogP contribution in [0.1, 0.15) is 18.1 Å². The van der Waals surface area contributed by atoms with Crippen molar-refractivity contribution in [3.63, 3.8) is 0 Å². The third kappa shape index (κ3) is 1.32. The number of rotatable bonds is 2. The maximum absolute atomic E-state index is 11.6. The van der Waals surface area contributed by atoms with E-state index in [0.717, 1.165) is 25.1 Å². The van der Waals surface area contributed by atoms with Crippen LogP contribution in [-0.4, -0.2) is 6.54 Å². The molecule has 2 aromatic carbocycles. The molecule has 2 N–H and O–H groups in total. The highest BCUT2D eigenvalue weighted by Gasteiger charge is 2.29. The number of nitrogens with zero attached hydrogens (tertiary/aromatic N) is 1.